The van der Waals surface area contributed by atoms with E-state index in [1.807, 2.05) is 13.0 Å². The van der Waals surface area contributed by atoms with Crippen molar-refractivity contribution in [3.8, 4) is 6.07 Å². The van der Waals surface area contributed by atoms with Crippen molar-refractivity contribution in [2.24, 2.45) is 0 Å². The molecule has 0 aliphatic rings. The quantitative estimate of drug-likeness (QED) is 0.888. The predicted molar refractivity (Wildman–Crippen MR) is 74.1 cm³/mol. The van der Waals surface area contributed by atoms with Crippen LogP contribution in [0.15, 0.2) is 47.4 Å². The highest BCUT2D eigenvalue weighted by atomic mass is 16.2. The minimum atomic E-state index is -0.266. The topological polar surface area (TPSA) is 85.8 Å². The van der Waals surface area contributed by atoms with Crippen molar-refractivity contribution >= 4 is 5.91 Å². The zero-order valence-electron chi connectivity index (χ0n) is 10.9. The van der Waals surface area contributed by atoms with Gasteiger partial charge in [0, 0.05) is 12.3 Å². The fourth-order valence-corrected chi connectivity index (χ4v) is 1.76. The van der Waals surface area contributed by atoms with Gasteiger partial charge in [0.1, 0.15) is 0 Å². The average molecular weight is 267 g/mol. The summed E-state index contributed by atoms with van der Waals surface area (Å²) in [6, 6.07) is 11.6. The summed E-state index contributed by atoms with van der Waals surface area (Å²) in [7, 11) is 0. The Bertz CT molecular complexity index is 691. The smallest absolute Gasteiger partial charge is 0.253 e. The molecule has 2 rings (SSSR count). The van der Waals surface area contributed by atoms with E-state index in [2.05, 4.69) is 10.3 Å². The summed E-state index contributed by atoms with van der Waals surface area (Å²) < 4.78 is 0. The highest BCUT2D eigenvalue weighted by molar-refractivity contribution is 5.94. The van der Waals surface area contributed by atoms with Crippen LogP contribution in [0.4, 0.5) is 0 Å². The zero-order chi connectivity index (χ0) is 14.5. The van der Waals surface area contributed by atoms with E-state index in [-0.39, 0.29) is 17.5 Å². The van der Waals surface area contributed by atoms with Gasteiger partial charge in [-0.15, -0.1) is 0 Å². The van der Waals surface area contributed by atoms with Crippen LogP contribution < -0.4 is 10.9 Å². The molecule has 0 saturated heterocycles. The molecule has 1 aromatic heterocycles. The Hall–Kier alpha value is -2.87. The van der Waals surface area contributed by atoms with Crippen LogP contribution in [0.25, 0.3) is 0 Å². The molecule has 1 heterocycles. The van der Waals surface area contributed by atoms with E-state index >= 15 is 0 Å². The summed E-state index contributed by atoms with van der Waals surface area (Å²) in [6.45, 7) is 1.85. The number of carbonyl (C=O) groups is 1. The Labute approximate surface area is 115 Å². The van der Waals surface area contributed by atoms with E-state index in [1.54, 1.807) is 24.3 Å². The molecule has 5 nitrogen and oxygen atoms in total. The molecule has 0 aliphatic carbocycles. The molecule has 0 unspecified atom stereocenters. The normalized spacial score (nSPS) is 11.4. The first-order valence-corrected chi connectivity index (χ1v) is 6.10. The van der Waals surface area contributed by atoms with Crippen LogP contribution in [-0.4, -0.2) is 10.9 Å². The number of benzene rings is 1. The molecule has 2 aromatic rings. The Kier molecular flexibility index (Phi) is 3.96. The third-order valence-corrected chi connectivity index (χ3v) is 2.93. The van der Waals surface area contributed by atoms with E-state index < -0.39 is 0 Å². The standard InChI is InChI=1S/C15H13N3O2/c1-10(12-4-2-11(8-16)3-5-12)18-15(20)13-6-7-14(19)17-9-13/h2-7,9-10H,1H3,(H,17,19)(H,18,20)/t10-/m0/s1. The van der Waals surface area contributed by atoms with Crippen molar-refractivity contribution in [2.75, 3.05) is 0 Å². The second-order valence-electron chi connectivity index (χ2n) is 4.37. The van der Waals surface area contributed by atoms with Gasteiger partial charge in [0.25, 0.3) is 5.91 Å². The molecule has 0 radical (unpaired) electrons. The molecule has 0 aliphatic heterocycles. The largest absolute Gasteiger partial charge is 0.345 e. The fraction of sp³-hybridized carbons (Fsp3) is 0.133. The maximum atomic E-state index is 12.0. The molecule has 1 atom stereocenters. The van der Waals surface area contributed by atoms with Crippen LogP contribution in [0.3, 0.4) is 0 Å². The number of hydrogen-bond donors (Lipinski definition) is 2. The molecule has 1 aromatic carbocycles. The van der Waals surface area contributed by atoms with E-state index in [0.29, 0.717) is 11.1 Å². The maximum absolute atomic E-state index is 12.0. The Morgan fingerprint density at radius 1 is 1.25 bits per heavy atom. The van der Waals surface area contributed by atoms with E-state index in [4.69, 9.17) is 5.26 Å². The van der Waals surface area contributed by atoms with Crippen LogP contribution in [0.1, 0.15) is 34.5 Å². The second kappa shape index (κ2) is 5.85. The number of aromatic nitrogens is 1. The van der Waals surface area contributed by atoms with Crippen molar-refractivity contribution in [1.82, 2.24) is 10.3 Å². The number of hydrogen-bond acceptors (Lipinski definition) is 3. The van der Waals surface area contributed by atoms with Gasteiger partial charge in [-0.3, -0.25) is 9.59 Å². The second-order valence-corrected chi connectivity index (χ2v) is 4.37. The van der Waals surface area contributed by atoms with Crippen molar-refractivity contribution in [2.45, 2.75) is 13.0 Å². The van der Waals surface area contributed by atoms with Crippen LogP contribution in [0.2, 0.25) is 0 Å². The minimum absolute atomic E-state index is 0.192. The van der Waals surface area contributed by atoms with Crippen molar-refractivity contribution in [1.29, 1.82) is 5.26 Å². The van der Waals surface area contributed by atoms with Gasteiger partial charge in [-0.1, -0.05) is 12.1 Å². The SMILES string of the molecule is C[C@H](NC(=O)c1ccc(=O)[nH]c1)c1ccc(C#N)cc1. The molecular weight excluding hydrogens is 254 g/mol. The van der Waals surface area contributed by atoms with E-state index in [9.17, 15) is 9.59 Å². The van der Waals surface area contributed by atoms with Gasteiger partial charge in [0.05, 0.1) is 23.2 Å². The summed E-state index contributed by atoms with van der Waals surface area (Å²) in [5.41, 5.74) is 1.63. The first-order chi connectivity index (χ1) is 9.60. The summed E-state index contributed by atoms with van der Waals surface area (Å²) in [6.07, 6.45) is 1.38. The zero-order valence-corrected chi connectivity index (χ0v) is 10.9. The highest BCUT2D eigenvalue weighted by Crippen LogP contribution is 2.13. The summed E-state index contributed by atoms with van der Waals surface area (Å²) in [5, 5.41) is 11.6. The molecule has 1 amide bonds. The summed E-state index contributed by atoms with van der Waals surface area (Å²) in [5.74, 6) is -0.266. The number of nitrogens with one attached hydrogen (secondary N) is 2. The molecular formula is C15H13N3O2. The molecule has 100 valence electrons. The fourth-order valence-electron chi connectivity index (χ4n) is 1.76. The summed E-state index contributed by atoms with van der Waals surface area (Å²) in [4.78, 5) is 25.4. The Balaban J connectivity index is 2.08. The number of aromatic amines is 1. The van der Waals surface area contributed by atoms with Gasteiger partial charge in [0.2, 0.25) is 5.56 Å². The van der Waals surface area contributed by atoms with E-state index in [1.165, 1.54) is 18.3 Å². The number of pyridine rings is 1. The number of H-pyrrole nitrogens is 1. The molecule has 0 spiro atoms. The third-order valence-electron chi connectivity index (χ3n) is 2.93. The maximum Gasteiger partial charge on any atom is 0.253 e. The lowest BCUT2D eigenvalue weighted by molar-refractivity contribution is 0.0939. The number of carbonyl (C=O) groups excluding carboxylic acids is 1. The van der Waals surface area contributed by atoms with E-state index in [0.717, 1.165) is 5.56 Å². The van der Waals surface area contributed by atoms with Crippen LogP contribution >= 0.6 is 0 Å². The lowest BCUT2D eigenvalue weighted by atomic mass is 10.1. The van der Waals surface area contributed by atoms with Gasteiger partial charge in [0.15, 0.2) is 0 Å². The molecule has 0 fully saturated rings. The Morgan fingerprint density at radius 3 is 2.50 bits per heavy atom. The predicted octanol–water partition coefficient (Wildman–Crippen LogP) is 1.74. The molecule has 2 N–H and O–H groups in total. The first-order valence-electron chi connectivity index (χ1n) is 6.10. The number of nitrogens with zero attached hydrogens (tertiary/aromatic N) is 1. The van der Waals surface area contributed by atoms with Crippen LogP contribution in [0.5, 0.6) is 0 Å². The third kappa shape index (κ3) is 3.12. The van der Waals surface area contributed by atoms with Crippen LogP contribution in [0, 0.1) is 11.3 Å². The lowest BCUT2D eigenvalue weighted by Crippen LogP contribution is -2.27. The Morgan fingerprint density at radius 2 is 1.95 bits per heavy atom. The number of rotatable bonds is 3. The summed E-state index contributed by atoms with van der Waals surface area (Å²) >= 11 is 0. The molecule has 20 heavy (non-hydrogen) atoms. The first kappa shape index (κ1) is 13.6. The van der Waals surface area contributed by atoms with Crippen molar-refractivity contribution in [3.05, 3.63) is 69.6 Å². The van der Waals surface area contributed by atoms with Gasteiger partial charge in [-0.05, 0) is 30.7 Å². The highest BCUT2D eigenvalue weighted by Gasteiger charge is 2.11. The van der Waals surface area contributed by atoms with Crippen molar-refractivity contribution in [3.63, 3.8) is 0 Å². The van der Waals surface area contributed by atoms with Crippen molar-refractivity contribution < 1.29 is 4.79 Å². The van der Waals surface area contributed by atoms with Gasteiger partial charge in [-0.2, -0.15) is 5.26 Å². The lowest BCUT2D eigenvalue weighted by Gasteiger charge is -2.14. The number of amides is 1. The van der Waals surface area contributed by atoms with Gasteiger partial charge in [-0.25, -0.2) is 0 Å². The monoisotopic (exact) mass is 267 g/mol. The molecule has 5 heteroatoms. The average Bonchev–Trinajstić information content (AvgIpc) is 2.48. The molecule has 0 bridgehead atoms. The van der Waals surface area contributed by atoms with Gasteiger partial charge >= 0.3 is 0 Å². The minimum Gasteiger partial charge on any atom is -0.345 e. The molecule has 0 saturated carbocycles. The number of nitriles is 1. The van der Waals surface area contributed by atoms with Crippen LogP contribution in [-0.2, 0) is 0 Å². The van der Waals surface area contributed by atoms with Gasteiger partial charge < -0.3 is 10.3 Å².